The molecule has 0 bridgehead atoms. The molecular formula is C8H11F2N5+2. The van der Waals surface area contributed by atoms with E-state index in [1.165, 1.54) is 6.07 Å². The van der Waals surface area contributed by atoms with Crippen molar-refractivity contribution in [3.63, 3.8) is 0 Å². The van der Waals surface area contributed by atoms with E-state index in [1.54, 1.807) is 0 Å². The zero-order chi connectivity index (χ0) is 11.4. The fraction of sp³-hybridized carbons (Fsp3) is 0. The Labute approximate surface area is 84.3 Å². The number of benzene rings is 1. The number of nitrogens with one attached hydrogen (secondary N) is 2. The van der Waals surface area contributed by atoms with Crippen molar-refractivity contribution in [2.75, 3.05) is 0 Å². The van der Waals surface area contributed by atoms with Crippen LogP contribution in [0.1, 0.15) is 0 Å². The summed E-state index contributed by atoms with van der Waals surface area (Å²) in [6, 6.07) is 3.02. The smallest absolute Gasteiger partial charge is 0.275 e. The molecule has 1 aromatic carbocycles. The van der Waals surface area contributed by atoms with E-state index in [2.05, 4.69) is 9.98 Å². The second-order valence-electron chi connectivity index (χ2n) is 2.74. The highest BCUT2D eigenvalue weighted by Crippen LogP contribution is 2.08. The highest BCUT2D eigenvalue weighted by molar-refractivity contribution is 5.75. The Morgan fingerprint density at radius 2 is 1.80 bits per heavy atom. The average Bonchev–Trinajstić information content (AvgIpc) is 2.08. The van der Waals surface area contributed by atoms with Gasteiger partial charge in [0.1, 0.15) is 11.5 Å². The summed E-state index contributed by atoms with van der Waals surface area (Å²) >= 11 is 0. The lowest BCUT2D eigenvalue weighted by molar-refractivity contribution is -0.460. The molecule has 1 rings (SSSR count). The molecule has 0 radical (unpaired) electrons. The maximum absolute atomic E-state index is 13.1. The minimum atomic E-state index is -0.768. The van der Waals surface area contributed by atoms with E-state index < -0.39 is 11.6 Å². The first-order valence-electron chi connectivity index (χ1n) is 3.98. The molecule has 8 N–H and O–H groups in total. The van der Waals surface area contributed by atoms with E-state index >= 15 is 0 Å². The second-order valence-corrected chi connectivity index (χ2v) is 2.74. The molecule has 0 saturated heterocycles. The Morgan fingerprint density at radius 3 is 2.33 bits per heavy atom. The zero-order valence-electron chi connectivity index (χ0n) is 7.72. The normalized spacial score (nSPS) is 11.2. The molecule has 0 unspecified atom stereocenters. The molecule has 5 nitrogen and oxygen atoms in total. The van der Waals surface area contributed by atoms with Crippen molar-refractivity contribution in [1.82, 2.24) is 0 Å². The lowest BCUT2D eigenvalue weighted by atomic mass is 10.3. The van der Waals surface area contributed by atoms with Crippen molar-refractivity contribution in [3.05, 3.63) is 29.8 Å². The van der Waals surface area contributed by atoms with Crippen LogP contribution in [-0.4, -0.2) is 11.9 Å². The molecular weight excluding hydrogens is 204 g/mol. The zero-order valence-corrected chi connectivity index (χ0v) is 7.72. The van der Waals surface area contributed by atoms with E-state index in [-0.39, 0.29) is 17.6 Å². The number of rotatable bonds is 1. The van der Waals surface area contributed by atoms with Crippen LogP contribution in [0.25, 0.3) is 0 Å². The van der Waals surface area contributed by atoms with E-state index in [4.69, 9.17) is 17.2 Å². The number of guanidine groups is 2. The van der Waals surface area contributed by atoms with Gasteiger partial charge in [-0.1, -0.05) is 0 Å². The van der Waals surface area contributed by atoms with Crippen molar-refractivity contribution in [1.29, 1.82) is 0 Å². The highest BCUT2D eigenvalue weighted by atomic mass is 19.1. The van der Waals surface area contributed by atoms with Crippen molar-refractivity contribution < 1.29 is 18.8 Å². The fourth-order valence-electron chi connectivity index (χ4n) is 0.923. The van der Waals surface area contributed by atoms with Gasteiger partial charge in [0, 0.05) is 6.07 Å². The van der Waals surface area contributed by atoms with Crippen LogP contribution in [0.4, 0.5) is 14.5 Å². The lowest BCUT2D eigenvalue weighted by Crippen LogP contribution is -2.96. The van der Waals surface area contributed by atoms with Gasteiger partial charge in [-0.05, 0) is 12.1 Å². The Bertz CT molecular complexity index is 423. The Hall–Kier alpha value is -2.18. The predicted octanol–water partition coefficient (Wildman–Crippen LogP) is -3.65. The van der Waals surface area contributed by atoms with Crippen LogP contribution in [-0.2, 0) is 0 Å². The molecule has 0 aliphatic heterocycles. The minimum Gasteiger partial charge on any atom is -0.275 e. The van der Waals surface area contributed by atoms with E-state index in [0.717, 1.165) is 12.1 Å². The third-order valence-corrected chi connectivity index (χ3v) is 1.48. The highest BCUT2D eigenvalue weighted by Gasteiger charge is 2.06. The molecule has 1 aromatic rings. The topological polar surface area (TPSA) is 106 Å². The van der Waals surface area contributed by atoms with Crippen molar-refractivity contribution >= 4 is 17.6 Å². The van der Waals surface area contributed by atoms with Gasteiger partial charge in [0.2, 0.25) is 0 Å². The molecule has 80 valence electrons. The van der Waals surface area contributed by atoms with Gasteiger partial charge >= 0.3 is 11.9 Å². The van der Waals surface area contributed by atoms with Crippen LogP contribution in [0.3, 0.4) is 0 Å². The van der Waals surface area contributed by atoms with Gasteiger partial charge in [-0.15, -0.1) is 0 Å². The van der Waals surface area contributed by atoms with Gasteiger partial charge in [-0.25, -0.2) is 13.8 Å². The maximum Gasteiger partial charge on any atom is 0.390 e. The third kappa shape index (κ3) is 3.22. The maximum atomic E-state index is 13.1. The molecule has 0 amide bonds. The summed E-state index contributed by atoms with van der Waals surface area (Å²) in [6.45, 7) is 0. The van der Waals surface area contributed by atoms with Crippen LogP contribution >= 0.6 is 0 Å². The molecule has 0 atom stereocenters. The van der Waals surface area contributed by atoms with Gasteiger partial charge in [0.15, 0.2) is 5.82 Å². The summed E-state index contributed by atoms with van der Waals surface area (Å²) in [5, 5.41) is 0. The minimum absolute atomic E-state index is 0.0163. The molecule has 0 fully saturated rings. The SMILES string of the molecule is NC(N)=[NH+]C(N)=[NH+]c1ccc(F)cc1F. The van der Waals surface area contributed by atoms with Gasteiger partial charge in [-0.3, -0.25) is 17.2 Å². The van der Waals surface area contributed by atoms with Gasteiger partial charge < -0.3 is 0 Å². The first kappa shape index (κ1) is 10.9. The first-order valence-corrected chi connectivity index (χ1v) is 3.98. The summed E-state index contributed by atoms with van der Waals surface area (Å²) in [4.78, 5) is 4.76. The number of hydrogen-bond donors (Lipinski definition) is 5. The monoisotopic (exact) mass is 215 g/mol. The van der Waals surface area contributed by atoms with Crippen LogP contribution in [0.2, 0.25) is 0 Å². The molecule has 0 aliphatic carbocycles. The first-order chi connectivity index (χ1) is 6.99. The van der Waals surface area contributed by atoms with Gasteiger partial charge in [0.25, 0.3) is 0 Å². The van der Waals surface area contributed by atoms with E-state index in [9.17, 15) is 8.78 Å². The Morgan fingerprint density at radius 1 is 1.13 bits per heavy atom. The van der Waals surface area contributed by atoms with Crippen LogP contribution in [0, 0.1) is 11.6 Å². The Balaban J connectivity index is 3.03. The third-order valence-electron chi connectivity index (χ3n) is 1.48. The summed E-state index contributed by atoms with van der Waals surface area (Å²) in [6.07, 6.45) is 0. The molecule has 7 heteroatoms. The second kappa shape index (κ2) is 4.36. The quantitative estimate of drug-likeness (QED) is 0.246. The molecule has 0 spiro atoms. The predicted molar refractivity (Wildman–Crippen MR) is 50.5 cm³/mol. The summed E-state index contributed by atoms with van der Waals surface area (Å²) in [5.41, 5.74) is 15.6. The van der Waals surface area contributed by atoms with Crippen molar-refractivity contribution in [2.24, 2.45) is 17.2 Å². The van der Waals surface area contributed by atoms with Crippen molar-refractivity contribution in [3.8, 4) is 0 Å². The number of halogens is 2. The standard InChI is InChI=1S/C8H9F2N5/c9-4-1-2-6(5(10)3-4)14-8(13)15-7(11)12/h1-3H,(H6,11,12,13,14,15)/p+2. The van der Waals surface area contributed by atoms with Gasteiger partial charge in [0.05, 0.1) is 0 Å². The Kier molecular flexibility index (Phi) is 3.17. The lowest BCUT2D eigenvalue weighted by Gasteiger charge is -1.94. The molecule has 15 heavy (non-hydrogen) atoms. The van der Waals surface area contributed by atoms with Gasteiger partial charge in [-0.2, -0.15) is 4.99 Å². The number of nitrogens with two attached hydrogens (primary N) is 3. The van der Waals surface area contributed by atoms with E-state index in [0.29, 0.717) is 0 Å². The fourth-order valence-corrected chi connectivity index (χ4v) is 0.923. The summed E-state index contributed by atoms with van der Waals surface area (Å²) < 4.78 is 25.6. The van der Waals surface area contributed by atoms with E-state index in [1.807, 2.05) is 0 Å². The summed E-state index contributed by atoms with van der Waals surface area (Å²) in [7, 11) is 0. The van der Waals surface area contributed by atoms with Crippen LogP contribution in [0.5, 0.6) is 0 Å². The number of hydrogen-bond acceptors (Lipinski definition) is 0. The largest absolute Gasteiger partial charge is 0.390 e. The molecule has 0 heterocycles. The molecule has 0 saturated carbocycles. The van der Waals surface area contributed by atoms with Crippen molar-refractivity contribution in [2.45, 2.75) is 0 Å². The molecule has 0 aliphatic rings. The summed E-state index contributed by atoms with van der Waals surface area (Å²) in [5.74, 6) is -1.63. The average molecular weight is 215 g/mol. The van der Waals surface area contributed by atoms with Crippen LogP contribution < -0.4 is 27.2 Å². The van der Waals surface area contributed by atoms with Crippen LogP contribution in [0.15, 0.2) is 18.2 Å². The molecule has 0 aromatic heterocycles.